The van der Waals surface area contributed by atoms with Gasteiger partial charge in [-0.1, -0.05) is 11.8 Å². The molecule has 9 heteroatoms. The number of aliphatic hydroxyl groups is 1. The Morgan fingerprint density at radius 3 is 2.81 bits per heavy atom. The highest BCUT2D eigenvalue weighted by molar-refractivity contribution is 7.99. The Bertz CT molecular complexity index is 1130. The highest BCUT2D eigenvalue weighted by Crippen LogP contribution is 2.35. The van der Waals surface area contributed by atoms with Crippen molar-refractivity contribution in [3.8, 4) is 5.75 Å². The highest BCUT2D eigenvalue weighted by atomic mass is 32.2. The number of benzene rings is 1. The molecule has 3 aromatic rings. The Morgan fingerprint density at radius 2 is 2.03 bits per heavy atom. The average Bonchev–Trinajstić information content (AvgIpc) is 2.90. The number of methoxy groups -OCH3 is 1. The largest absolute Gasteiger partial charge is 0.497 e. The molecule has 0 aliphatic carbocycles. The summed E-state index contributed by atoms with van der Waals surface area (Å²) in [6, 6.07) is 9.35. The van der Waals surface area contributed by atoms with Gasteiger partial charge in [0.25, 0.3) is 0 Å². The fraction of sp³-hybridized carbons (Fsp3) is 0.481. The van der Waals surface area contributed by atoms with E-state index in [1.54, 1.807) is 37.5 Å². The Morgan fingerprint density at radius 1 is 1.19 bits per heavy atom. The molecule has 0 radical (unpaired) electrons. The molecule has 4 rings (SSSR count). The van der Waals surface area contributed by atoms with E-state index in [-0.39, 0.29) is 18.3 Å². The van der Waals surface area contributed by atoms with Crippen LogP contribution < -0.4 is 4.74 Å². The van der Waals surface area contributed by atoms with Crippen LogP contribution in [0.4, 0.5) is 0 Å². The van der Waals surface area contributed by atoms with E-state index in [0.29, 0.717) is 6.42 Å². The lowest BCUT2D eigenvalue weighted by molar-refractivity contribution is -0.139. The van der Waals surface area contributed by atoms with E-state index in [9.17, 15) is 15.0 Å². The molecule has 3 atom stereocenters. The van der Waals surface area contributed by atoms with E-state index >= 15 is 0 Å². The third-order valence-electron chi connectivity index (χ3n) is 6.96. The summed E-state index contributed by atoms with van der Waals surface area (Å²) >= 11 is 1.65. The number of hydrogen-bond donors (Lipinski definition) is 2. The Balaban J connectivity index is 1.31. The van der Waals surface area contributed by atoms with Gasteiger partial charge in [-0.2, -0.15) is 0 Å². The van der Waals surface area contributed by atoms with Gasteiger partial charge in [0.15, 0.2) is 5.16 Å². The maximum Gasteiger partial charge on any atom is 0.303 e. The number of ether oxygens (including phenoxy) is 1. The molecule has 1 aliphatic rings. The van der Waals surface area contributed by atoms with Gasteiger partial charge >= 0.3 is 5.97 Å². The molecule has 0 bridgehead atoms. The van der Waals surface area contributed by atoms with Gasteiger partial charge < -0.3 is 19.8 Å². The molecule has 3 heterocycles. The lowest BCUT2D eigenvalue weighted by atomic mass is 9.79. The monoisotopic (exact) mass is 510 g/mol. The van der Waals surface area contributed by atoms with Gasteiger partial charge in [-0.25, -0.2) is 9.97 Å². The fourth-order valence-corrected chi connectivity index (χ4v) is 5.82. The number of thioether (sulfide) groups is 1. The predicted octanol–water partition coefficient (Wildman–Crippen LogP) is 4.44. The number of rotatable bonds is 12. The number of fused-ring (bicyclic) bond motifs is 1. The number of aromatic nitrogens is 3. The molecule has 1 aromatic carbocycles. The number of piperidine rings is 1. The zero-order valence-electron chi connectivity index (χ0n) is 20.6. The second-order valence-corrected chi connectivity index (χ2v) is 10.4. The van der Waals surface area contributed by atoms with Gasteiger partial charge in [-0.3, -0.25) is 9.78 Å². The van der Waals surface area contributed by atoms with E-state index in [1.807, 2.05) is 30.3 Å². The average molecular weight is 511 g/mol. The first-order valence-corrected chi connectivity index (χ1v) is 13.5. The predicted molar refractivity (Wildman–Crippen MR) is 140 cm³/mol. The maximum atomic E-state index is 11.6. The van der Waals surface area contributed by atoms with Crippen LogP contribution in [0.25, 0.3) is 10.9 Å². The molecule has 0 saturated carbocycles. The number of carboxylic acid groups (broad SMARTS) is 1. The second-order valence-electron chi connectivity index (χ2n) is 9.32. The van der Waals surface area contributed by atoms with Crippen molar-refractivity contribution in [2.45, 2.75) is 43.4 Å². The van der Waals surface area contributed by atoms with Crippen molar-refractivity contribution >= 4 is 28.6 Å². The number of likely N-dealkylation sites (tertiary alicyclic amines) is 1. The summed E-state index contributed by atoms with van der Waals surface area (Å²) in [7, 11) is 1.62. The molecule has 0 unspecified atom stereocenters. The molecular formula is C27H34N4O4S. The number of hydrogen-bond acceptors (Lipinski definition) is 8. The van der Waals surface area contributed by atoms with Gasteiger partial charge in [-0.15, -0.1) is 0 Å². The third-order valence-corrected chi connectivity index (χ3v) is 7.92. The smallest absolute Gasteiger partial charge is 0.303 e. The number of carbonyl (C=O) groups is 1. The maximum absolute atomic E-state index is 11.6. The van der Waals surface area contributed by atoms with Crippen LogP contribution in [0.1, 0.15) is 43.8 Å². The molecule has 1 fully saturated rings. The quantitative estimate of drug-likeness (QED) is 0.208. The van der Waals surface area contributed by atoms with Crippen LogP contribution in [-0.2, 0) is 4.79 Å². The zero-order chi connectivity index (χ0) is 25.3. The van der Waals surface area contributed by atoms with Crippen molar-refractivity contribution in [2.75, 3.05) is 32.5 Å². The van der Waals surface area contributed by atoms with Crippen molar-refractivity contribution < 1.29 is 19.7 Å². The topological polar surface area (TPSA) is 109 Å². The first kappa shape index (κ1) is 26.3. The standard InChI is InChI=1S/C27H34N4O4S/c1-35-21-5-6-24-23(17-21)22(8-12-28-24)25(32)7-4-19-9-14-31(18-20(19)16-26(33)34)13-3-15-36-27-29-10-2-11-30-27/h2,5-6,8,10-12,17,19-20,25,32H,3-4,7,9,13-16,18H2,1H3,(H,33,34)/t19-,20+,25+/m1/s1. The van der Waals surface area contributed by atoms with E-state index in [4.69, 9.17) is 4.74 Å². The Hall–Kier alpha value is -2.75. The molecule has 8 nitrogen and oxygen atoms in total. The molecule has 0 spiro atoms. The summed E-state index contributed by atoms with van der Waals surface area (Å²) in [5.74, 6) is 1.28. The normalized spacial score (nSPS) is 19.3. The lowest BCUT2D eigenvalue weighted by Gasteiger charge is -2.38. The van der Waals surface area contributed by atoms with Gasteiger partial charge in [0, 0.05) is 42.7 Å². The van der Waals surface area contributed by atoms with Crippen LogP contribution in [0, 0.1) is 11.8 Å². The molecule has 0 amide bonds. The minimum absolute atomic E-state index is 0.0860. The summed E-state index contributed by atoms with van der Waals surface area (Å²) in [5.41, 5.74) is 1.66. The van der Waals surface area contributed by atoms with Crippen LogP contribution in [0.2, 0.25) is 0 Å². The molecular weight excluding hydrogens is 476 g/mol. The van der Waals surface area contributed by atoms with Crippen molar-refractivity contribution in [1.29, 1.82) is 0 Å². The minimum Gasteiger partial charge on any atom is -0.497 e. The van der Waals surface area contributed by atoms with Crippen LogP contribution in [0.3, 0.4) is 0 Å². The summed E-state index contributed by atoms with van der Waals surface area (Å²) in [6.07, 6.45) is 8.09. The molecule has 36 heavy (non-hydrogen) atoms. The Labute approximate surface area is 216 Å². The molecule has 192 valence electrons. The van der Waals surface area contributed by atoms with Gasteiger partial charge in [0.05, 0.1) is 18.7 Å². The SMILES string of the molecule is COc1ccc2nccc([C@@H](O)CC[C@@H]3CCN(CCCSc4ncccn4)C[C@@H]3CC(=O)O)c2c1. The van der Waals surface area contributed by atoms with E-state index in [0.717, 1.165) is 72.0 Å². The van der Waals surface area contributed by atoms with Crippen molar-refractivity contribution in [2.24, 2.45) is 11.8 Å². The number of aliphatic hydroxyl groups excluding tert-OH is 1. The number of nitrogens with zero attached hydrogens (tertiary/aromatic N) is 4. The molecule has 2 aromatic heterocycles. The fourth-order valence-electron chi connectivity index (χ4n) is 5.10. The summed E-state index contributed by atoms with van der Waals surface area (Å²) in [5, 5.41) is 22.3. The van der Waals surface area contributed by atoms with E-state index in [2.05, 4.69) is 19.9 Å². The zero-order valence-corrected chi connectivity index (χ0v) is 21.4. The molecule has 1 saturated heterocycles. The van der Waals surface area contributed by atoms with Crippen LogP contribution >= 0.6 is 11.8 Å². The minimum atomic E-state index is -0.753. The van der Waals surface area contributed by atoms with Gasteiger partial charge in [-0.05, 0) is 86.5 Å². The van der Waals surface area contributed by atoms with E-state index < -0.39 is 12.1 Å². The lowest BCUT2D eigenvalue weighted by Crippen LogP contribution is -2.42. The second kappa shape index (κ2) is 13.0. The number of carboxylic acids is 1. The van der Waals surface area contributed by atoms with Gasteiger partial charge in [0.1, 0.15) is 5.75 Å². The Kier molecular flexibility index (Phi) is 9.49. The van der Waals surface area contributed by atoms with Crippen molar-refractivity contribution in [3.63, 3.8) is 0 Å². The molecule has 2 N–H and O–H groups in total. The number of aliphatic carboxylic acids is 1. The molecule has 1 aliphatic heterocycles. The summed E-state index contributed by atoms with van der Waals surface area (Å²) in [4.78, 5) is 26.9. The van der Waals surface area contributed by atoms with Crippen LogP contribution in [0.5, 0.6) is 5.75 Å². The summed E-state index contributed by atoms with van der Waals surface area (Å²) < 4.78 is 5.35. The van der Waals surface area contributed by atoms with Crippen molar-refractivity contribution in [1.82, 2.24) is 19.9 Å². The van der Waals surface area contributed by atoms with Gasteiger partial charge in [0.2, 0.25) is 0 Å². The van der Waals surface area contributed by atoms with Crippen molar-refractivity contribution in [3.05, 3.63) is 54.5 Å². The summed E-state index contributed by atoms with van der Waals surface area (Å²) in [6.45, 7) is 2.68. The van der Waals surface area contributed by atoms with Crippen LogP contribution in [-0.4, -0.2) is 68.5 Å². The van der Waals surface area contributed by atoms with E-state index in [1.165, 1.54) is 0 Å². The first-order chi connectivity index (χ1) is 17.5. The number of pyridine rings is 1. The first-order valence-electron chi connectivity index (χ1n) is 12.5. The highest BCUT2D eigenvalue weighted by Gasteiger charge is 2.31. The van der Waals surface area contributed by atoms with Crippen LogP contribution in [0.15, 0.2) is 54.1 Å². The third kappa shape index (κ3) is 7.15.